The van der Waals surface area contributed by atoms with Crippen LogP contribution in [0.4, 0.5) is 5.69 Å². The number of hydrogen-bond acceptors (Lipinski definition) is 2. The van der Waals surface area contributed by atoms with Crippen LogP contribution < -0.4 is 10.6 Å². The fourth-order valence-corrected chi connectivity index (χ4v) is 2.98. The molecule has 0 saturated heterocycles. The van der Waals surface area contributed by atoms with Crippen LogP contribution in [0, 0.1) is 12.8 Å². The van der Waals surface area contributed by atoms with E-state index in [1.54, 1.807) is 0 Å². The Morgan fingerprint density at radius 2 is 2.26 bits per heavy atom. The molecule has 19 heavy (non-hydrogen) atoms. The van der Waals surface area contributed by atoms with Crippen molar-refractivity contribution in [1.29, 1.82) is 0 Å². The van der Waals surface area contributed by atoms with Crippen molar-refractivity contribution in [2.75, 3.05) is 18.0 Å². The normalized spacial score (nSPS) is 16.1. The third kappa shape index (κ3) is 2.81. The zero-order valence-electron chi connectivity index (χ0n) is 12.0. The summed E-state index contributed by atoms with van der Waals surface area (Å²) in [6.07, 6.45) is 4.00. The smallest absolute Gasteiger partial charge is 0.231 e. The van der Waals surface area contributed by atoms with Crippen LogP contribution in [0.3, 0.4) is 0 Å². The molecule has 0 fully saturated rings. The van der Waals surface area contributed by atoms with Gasteiger partial charge in [-0.25, -0.2) is 0 Å². The number of anilines is 1. The van der Waals surface area contributed by atoms with Crippen LogP contribution in [-0.2, 0) is 11.2 Å². The average Bonchev–Trinajstić information content (AvgIpc) is 2.44. The molecule has 3 heteroatoms. The van der Waals surface area contributed by atoms with Crippen molar-refractivity contribution in [2.24, 2.45) is 11.7 Å². The number of carbonyl (C=O) groups excluding carboxylic acids is 1. The summed E-state index contributed by atoms with van der Waals surface area (Å²) in [5.74, 6) is 0.176. The Kier molecular flexibility index (Phi) is 4.59. The SMILES string of the molecule is CCCC(CN)C(=O)N1CCCc2cccc(C)c21. The maximum absolute atomic E-state index is 12.7. The molecule has 0 saturated carbocycles. The van der Waals surface area contributed by atoms with E-state index in [0.717, 1.165) is 37.9 Å². The van der Waals surface area contributed by atoms with Crippen molar-refractivity contribution in [3.8, 4) is 0 Å². The molecule has 0 spiro atoms. The topological polar surface area (TPSA) is 46.3 Å². The summed E-state index contributed by atoms with van der Waals surface area (Å²) in [5, 5.41) is 0. The first-order chi connectivity index (χ1) is 9.19. The summed E-state index contributed by atoms with van der Waals surface area (Å²) >= 11 is 0. The van der Waals surface area contributed by atoms with Crippen molar-refractivity contribution in [2.45, 2.75) is 39.5 Å². The summed E-state index contributed by atoms with van der Waals surface area (Å²) in [7, 11) is 0. The lowest BCUT2D eigenvalue weighted by atomic mass is 9.95. The molecule has 1 aromatic carbocycles. The van der Waals surface area contributed by atoms with E-state index in [0.29, 0.717) is 6.54 Å². The van der Waals surface area contributed by atoms with Gasteiger partial charge in [0.25, 0.3) is 0 Å². The number of benzene rings is 1. The number of hydrogen-bond donors (Lipinski definition) is 1. The minimum atomic E-state index is -0.0319. The van der Waals surface area contributed by atoms with Gasteiger partial charge in [0, 0.05) is 18.8 Å². The monoisotopic (exact) mass is 260 g/mol. The van der Waals surface area contributed by atoms with Crippen molar-refractivity contribution >= 4 is 11.6 Å². The molecule has 2 rings (SSSR count). The largest absolute Gasteiger partial charge is 0.330 e. The predicted molar refractivity (Wildman–Crippen MR) is 79.3 cm³/mol. The van der Waals surface area contributed by atoms with Crippen LogP contribution in [0.2, 0.25) is 0 Å². The first-order valence-corrected chi connectivity index (χ1v) is 7.29. The van der Waals surface area contributed by atoms with Gasteiger partial charge >= 0.3 is 0 Å². The highest BCUT2D eigenvalue weighted by Gasteiger charge is 2.28. The van der Waals surface area contributed by atoms with Gasteiger partial charge in [-0.3, -0.25) is 4.79 Å². The number of amides is 1. The molecule has 0 radical (unpaired) electrons. The van der Waals surface area contributed by atoms with Gasteiger partial charge in [-0.05, 0) is 37.3 Å². The standard InChI is InChI=1S/C16H24N2O/c1-3-6-14(11-17)16(19)18-10-5-9-13-8-4-7-12(2)15(13)18/h4,7-8,14H,3,5-6,9-11,17H2,1-2H3. The van der Waals surface area contributed by atoms with Crippen LogP contribution in [0.25, 0.3) is 0 Å². The first kappa shape index (κ1) is 14.1. The number of nitrogens with zero attached hydrogens (tertiary/aromatic N) is 1. The van der Waals surface area contributed by atoms with Crippen LogP contribution in [-0.4, -0.2) is 19.0 Å². The van der Waals surface area contributed by atoms with Crippen molar-refractivity contribution in [3.05, 3.63) is 29.3 Å². The second kappa shape index (κ2) is 6.20. The summed E-state index contributed by atoms with van der Waals surface area (Å²) in [5.41, 5.74) is 9.40. The molecule has 3 nitrogen and oxygen atoms in total. The second-order valence-corrected chi connectivity index (χ2v) is 5.40. The van der Waals surface area contributed by atoms with Gasteiger partial charge in [0.1, 0.15) is 0 Å². The number of rotatable bonds is 4. The van der Waals surface area contributed by atoms with Gasteiger partial charge in [-0.1, -0.05) is 31.5 Å². The quantitative estimate of drug-likeness (QED) is 0.904. The minimum Gasteiger partial charge on any atom is -0.330 e. The van der Waals surface area contributed by atoms with Crippen LogP contribution in [0.5, 0.6) is 0 Å². The fraction of sp³-hybridized carbons (Fsp3) is 0.562. The Labute approximate surface area is 115 Å². The lowest BCUT2D eigenvalue weighted by Crippen LogP contribution is -2.42. The highest BCUT2D eigenvalue weighted by Crippen LogP contribution is 2.31. The van der Waals surface area contributed by atoms with Crippen LogP contribution >= 0.6 is 0 Å². The zero-order chi connectivity index (χ0) is 13.8. The number of fused-ring (bicyclic) bond motifs is 1. The van der Waals surface area contributed by atoms with Crippen molar-refractivity contribution in [1.82, 2.24) is 0 Å². The maximum Gasteiger partial charge on any atom is 0.231 e. The van der Waals surface area contributed by atoms with Crippen LogP contribution in [0.15, 0.2) is 18.2 Å². The molecular weight excluding hydrogens is 236 g/mol. The van der Waals surface area contributed by atoms with E-state index >= 15 is 0 Å². The molecule has 1 aliphatic heterocycles. The molecule has 1 amide bonds. The predicted octanol–water partition coefficient (Wildman–Crippen LogP) is 2.65. The molecule has 2 N–H and O–H groups in total. The van der Waals surface area contributed by atoms with Crippen LogP contribution in [0.1, 0.15) is 37.3 Å². The third-order valence-corrected chi connectivity index (χ3v) is 3.96. The Hall–Kier alpha value is -1.35. The van der Waals surface area contributed by atoms with Gasteiger partial charge in [-0.15, -0.1) is 0 Å². The molecule has 0 aromatic heterocycles. The molecule has 1 aliphatic rings. The highest BCUT2D eigenvalue weighted by atomic mass is 16.2. The maximum atomic E-state index is 12.7. The number of aryl methyl sites for hydroxylation is 2. The lowest BCUT2D eigenvalue weighted by molar-refractivity contribution is -0.122. The Bertz CT molecular complexity index is 456. The third-order valence-electron chi connectivity index (χ3n) is 3.96. The number of carbonyl (C=O) groups is 1. The minimum absolute atomic E-state index is 0.0319. The van der Waals surface area contributed by atoms with Crippen molar-refractivity contribution < 1.29 is 4.79 Å². The van der Waals surface area contributed by atoms with Gasteiger partial charge in [-0.2, -0.15) is 0 Å². The number of nitrogens with two attached hydrogens (primary N) is 1. The van der Waals surface area contributed by atoms with E-state index in [1.165, 1.54) is 11.1 Å². The van der Waals surface area contributed by atoms with Crippen molar-refractivity contribution in [3.63, 3.8) is 0 Å². The van der Waals surface area contributed by atoms with E-state index < -0.39 is 0 Å². The first-order valence-electron chi connectivity index (χ1n) is 7.29. The molecule has 1 unspecified atom stereocenters. The molecule has 1 aromatic rings. The molecule has 1 atom stereocenters. The Balaban J connectivity index is 2.30. The molecule has 1 heterocycles. The second-order valence-electron chi connectivity index (χ2n) is 5.40. The van der Waals surface area contributed by atoms with E-state index in [4.69, 9.17) is 5.73 Å². The summed E-state index contributed by atoms with van der Waals surface area (Å²) in [6, 6.07) is 6.30. The van der Waals surface area contributed by atoms with E-state index in [1.807, 2.05) is 4.90 Å². The van der Waals surface area contributed by atoms with E-state index in [2.05, 4.69) is 32.0 Å². The Morgan fingerprint density at radius 3 is 2.95 bits per heavy atom. The molecule has 0 bridgehead atoms. The van der Waals surface area contributed by atoms with Gasteiger partial charge in [0.15, 0.2) is 0 Å². The number of para-hydroxylation sites is 1. The lowest BCUT2D eigenvalue weighted by Gasteiger charge is -2.33. The van der Waals surface area contributed by atoms with E-state index in [9.17, 15) is 4.79 Å². The fourth-order valence-electron chi connectivity index (χ4n) is 2.98. The summed E-state index contributed by atoms with van der Waals surface area (Å²) < 4.78 is 0. The molecule has 0 aliphatic carbocycles. The van der Waals surface area contributed by atoms with Gasteiger partial charge < -0.3 is 10.6 Å². The molecule has 104 valence electrons. The van der Waals surface area contributed by atoms with Gasteiger partial charge in [0.05, 0.1) is 5.92 Å². The molecular formula is C16H24N2O. The summed E-state index contributed by atoms with van der Waals surface area (Å²) in [6.45, 7) is 5.47. The average molecular weight is 260 g/mol. The Morgan fingerprint density at radius 1 is 1.47 bits per heavy atom. The van der Waals surface area contributed by atoms with E-state index in [-0.39, 0.29) is 11.8 Å². The zero-order valence-corrected chi connectivity index (χ0v) is 12.0. The summed E-state index contributed by atoms with van der Waals surface area (Å²) in [4.78, 5) is 14.7. The highest BCUT2D eigenvalue weighted by molar-refractivity contribution is 5.97. The van der Waals surface area contributed by atoms with Gasteiger partial charge in [0.2, 0.25) is 5.91 Å².